The van der Waals surface area contributed by atoms with Crippen molar-refractivity contribution < 1.29 is 156 Å². The molecule has 127 heavy (non-hydrogen) atoms. The van der Waals surface area contributed by atoms with Crippen molar-refractivity contribution in [2.75, 3.05) is 99.8 Å². The van der Waals surface area contributed by atoms with E-state index < -0.39 is 187 Å². The number of nitrogens with zero attached hydrogens (tertiary/aromatic N) is 8. The number of hydrogen-bond donors (Lipinski definition) is 13. The van der Waals surface area contributed by atoms with Gasteiger partial charge in [-0.25, -0.2) is 23.6 Å². The van der Waals surface area contributed by atoms with Gasteiger partial charge in [-0.3, -0.25) is 37.4 Å². The van der Waals surface area contributed by atoms with Gasteiger partial charge in [0.1, 0.15) is 98.7 Å². The summed E-state index contributed by atoms with van der Waals surface area (Å²) in [5, 5.41) is 87.4. The number of nitrogens with one attached hydrogen (secondary N) is 5. The lowest BCUT2D eigenvalue weighted by Crippen LogP contribution is -2.41. The van der Waals surface area contributed by atoms with Crippen LogP contribution in [0.1, 0.15) is 79.2 Å². The van der Waals surface area contributed by atoms with Gasteiger partial charge in [0, 0.05) is 41.5 Å². The lowest BCUT2D eigenvalue weighted by atomic mass is 10.1. The molecule has 17 rings (SSSR count). The number of halogens is 10. The lowest BCUT2D eigenvalue weighted by molar-refractivity contribution is -0.141. The Hall–Kier alpha value is -12.6. The molecular formula is C76H71ClF9N13O28. The van der Waals surface area contributed by atoms with Crippen molar-refractivity contribution in [2.24, 2.45) is 0 Å². The average Bonchev–Trinajstić information content (AvgIpc) is 1.60. The van der Waals surface area contributed by atoms with Crippen molar-refractivity contribution in [3.63, 3.8) is 0 Å². The Morgan fingerprint density at radius 3 is 1.19 bits per heavy atom. The van der Waals surface area contributed by atoms with Gasteiger partial charge >= 0.3 is 46.4 Å². The predicted molar refractivity (Wildman–Crippen MR) is 409 cm³/mol. The van der Waals surface area contributed by atoms with E-state index in [1.807, 2.05) is 0 Å². The van der Waals surface area contributed by atoms with E-state index in [1.54, 1.807) is 18.2 Å². The minimum Gasteiger partial charge on any atom is -0.493 e. The number of aromatic nitrogens is 8. The maximum Gasteiger partial charge on any atom is 0.351 e. The zero-order valence-corrected chi connectivity index (χ0v) is 65.8. The molecule has 8 aliphatic heterocycles. The van der Waals surface area contributed by atoms with Crippen LogP contribution in [-0.2, 0) is 18.9 Å². The van der Waals surface area contributed by atoms with Gasteiger partial charge in [0.15, 0.2) is 64.7 Å². The van der Waals surface area contributed by atoms with Crippen LogP contribution in [0.25, 0.3) is 0 Å². The topological polar surface area (TPSA) is 541 Å². The summed E-state index contributed by atoms with van der Waals surface area (Å²) in [6.07, 6.45) is -18.8. The molecule has 1 aliphatic carbocycles. The number of anilines is 5. The van der Waals surface area contributed by atoms with E-state index in [4.69, 9.17) is 88.9 Å². The second-order valence-corrected chi connectivity index (χ2v) is 29.1. The van der Waals surface area contributed by atoms with Crippen LogP contribution in [0, 0.1) is 5.82 Å². The number of methoxy groups -OCH3 is 1. The minimum atomic E-state index is -3.88. The molecule has 12 atom stereocenters. The first-order chi connectivity index (χ1) is 60.3. The third-order valence-corrected chi connectivity index (χ3v) is 20.7. The van der Waals surface area contributed by atoms with Crippen LogP contribution < -0.4 is 87.2 Å². The van der Waals surface area contributed by atoms with Crippen LogP contribution in [0.15, 0.2) is 135 Å². The van der Waals surface area contributed by atoms with Crippen molar-refractivity contribution in [3.8, 4) is 46.0 Å². The smallest absolute Gasteiger partial charge is 0.351 e. The Balaban J connectivity index is 0.000000137. The average molecular weight is 1820 g/mol. The molecule has 1 saturated carbocycles. The number of carbonyl (C=O) groups excluding carboxylic acids is 4. The van der Waals surface area contributed by atoms with Crippen molar-refractivity contribution in [1.29, 1.82) is 0 Å². The Morgan fingerprint density at radius 2 is 0.811 bits per heavy atom. The van der Waals surface area contributed by atoms with Gasteiger partial charge in [0.25, 0.3) is 23.6 Å². The van der Waals surface area contributed by atoms with Crippen molar-refractivity contribution in [2.45, 2.75) is 116 Å². The van der Waals surface area contributed by atoms with Gasteiger partial charge in [-0.15, -0.1) is 0 Å². The molecule has 678 valence electrons. The summed E-state index contributed by atoms with van der Waals surface area (Å²) in [5.74, 6) is -18.2. The summed E-state index contributed by atoms with van der Waals surface area (Å²) in [5.41, 5.74) is -3.61. The number of alkyl halides is 8. The minimum absolute atomic E-state index is 0.0970. The van der Waals surface area contributed by atoms with E-state index in [9.17, 15) is 98.3 Å². The molecule has 51 heteroatoms. The van der Waals surface area contributed by atoms with E-state index in [-0.39, 0.29) is 87.8 Å². The highest BCUT2D eigenvalue weighted by molar-refractivity contribution is 6.33. The molecular weight excluding hydrogens is 1750 g/mol. The van der Waals surface area contributed by atoms with E-state index >= 15 is 0 Å². The summed E-state index contributed by atoms with van der Waals surface area (Å²) in [7, 11) is 1.40. The fourth-order valence-electron chi connectivity index (χ4n) is 13.7. The van der Waals surface area contributed by atoms with Gasteiger partial charge in [0.2, 0.25) is 30.7 Å². The number of benzene rings is 4. The first-order valence-corrected chi connectivity index (χ1v) is 38.1. The summed E-state index contributed by atoms with van der Waals surface area (Å²) >= 11 is 6.10. The highest BCUT2D eigenvalue weighted by atomic mass is 35.5. The molecule has 13 N–H and O–H groups in total. The zero-order chi connectivity index (χ0) is 91.3. The summed E-state index contributed by atoms with van der Waals surface area (Å²) in [6.45, 7) is 2.08. The van der Waals surface area contributed by atoms with E-state index in [0.717, 1.165) is 73.7 Å². The van der Waals surface area contributed by atoms with Crippen molar-refractivity contribution in [3.05, 3.63) is 191 Å². The van der Waals surface area contributed by atoms with Gasteiger partial charge in [0.05, 0.1) is 55.5 Å². The number of carbonyl (C=O) groups is 4. The Labute approximate surface area is 708 Å². The highest BCUT2D eigenvalue weighted by Gasteiger charge is 2.63. The Morgan fingerprint density at radius 1 is 0.465 bits per heavy atom. The molecule has 9 aliphatic rings. The fraction of sp³-hybridized carbons (Fsp3) is 0.395. The molecule has 1 spiro atoms. The number of aliphatic hydroxyl groups is 8. The third-order valence-electron chi connectivity index (χ3n) is 20.5. The standard InChI is InChI=1S/C21H20F2N4O6.C19H19F2N3O8.C18H16ClF2N3O7.C18H16F3N3O7/c1-10-20(5-6-20)33-13-8-11(2-3-12(13)24-10)17(30)25-15-4-7-27(19(31)26-15)18-21(22,23)16(29)14(9-28)32-18;1-29-10-6-9(7-11-14(10)31-5-4-30-11)16(27)22-13-2-3-24(18(28)23-13)17-19(20,21)15(26)12(8-25)32-17;19-9-5-8(6-10-13(9)30-4-3-29-10)15(27)22-12-1-2-24(17(28)23-12)16-18(20,21)14(26)11(7-25)31-16;19-12-8(1-2-9-13(12)30-6-5-29-9)15(27)22-11-3-4-24(17(28)23-11)16-18(20,21)14(26)10(7-25)31-16/h2-4,7-8,14,16,18,24,28-29H,1,5-6,9H2,(H,25,26,30,31);2-3,6-7,12,15,17,25-26H,4-5,8H2,1H3,(H,22,23,27,28);1-2,5-6,11,14,16,25-26H,3-4,7H2,(H,22,23,27,28);1-4,10,14,16,25-26H,5-7H2,(H,22,23,27,28)/t14-,16-,18?;12-,15-,17?;11-,14-,16?;10-,14-,16?/m1111/s1. The largest absolute Gasteiger partial charge is 0.493 e. The maximum atomic E-state index is 14.6. The van der Waals surface area contributed by atoms with Crippen molar-refractivity contribution >= 4 is 64.2 Å². The molecule has 4 amide bonds. The van der Waals surface area contributed by atoms with E-state index in [2.05, 4.69) is 53.1 Å². The zero-order valence-electron chi connectivity index (χ0n) is 65.0. The molecule has 4 aromatic heterocycles. The number of rotatable bonds is 17. The molecule has 41 nitrogen and oxygen atoms in total. The summed E-state index contributed by atoms with van der Waals surface area (Å²) in [6, 6.07) is 17.2. The van der Waals surface area contributed by atoms with Gasteiger partial charge in [-0.1, -0.05) is 18.2 Å². The molecule has 4 aromatic carbocycles. The van der Waals surface area contributed by atoms with Crippen LogP contribution in [0.3, 0.4) is 0 Å². The second-order valence-electron chi connectivity index (χ2n) is 28.7. The molecule has 0 bridgehead atoms. The first-order valence-electron chi connectivity index (χ1n) is 37.7. The van der Waals surface area contributed by atoms with Gasteiger partial charge in [-0.2, -0.15) is 55.1 Å². The number of aliphatic hydroxyl groups excluding tert-OH is 8. The number of ether oxygens (including phenoxy) is 12. The molecule has 0 radical (unpaired) electrons. The number of fused-ring (bicyclic) bond motifs is 4. The van der Waals surface area contributed by atoms with Crippen LogP contribution in [-0.4, -0.2) is 254 Å². The number of amides is 4. The Bertz CT molecular complexity index is 5840. The van der Waals surface area contributed by atoms with Crippen LogP contribution in [0.5, 0.6) is 46.0 Å². The second kappa shape index (κ2) is 36.0. The highest BCUT2D eigenvalue weighted by Crippen LogP contribution is 2.52. The Kier molecular flexibility index (Phi) is 25.7. The molecule has 4 unspecified atom stereocenters. The van der Waals surface area contributed by atoms with Crippen LogP contribution in [0.2, 0.25) is 5.02 Å². The van der Waals surface area contributed by atoms with Gasteiger partial charge < -0.3 is 124 Å². The molecule has 8 aromatic rings. The molecule has 12 heterocycles. The SMILES string of the molecule is C=C1Nc2ccc(C(=O)Nc3ccn(C4O[C@H](CO)[C@@H](O)C4(F)F)c(=O)n3)cc2OC12CC2.COc1cc(C(=O)Nc2ccn(C3O[C@H](CO)[C@@H](O)C3(F)F)c(=O)n2)cc2c1OCCO2.O=C(Nc1ccn(C2O[C@H](CO)[C@@H](O)C2(F)F)c(=O)n1)c1cc(Cl)c2c(c1)OCCO2.O=C(Nc1ccn(C2O[C@H](CO)[C@@H](O)C2(F)F)c(=O)n1)c1ccc2c(c1F)OCCO2. The van der Waals surface area contributed by atoms with E-state index in [0.29, 0.717) is 66.8 Å². The normalized spacial score (nSPS) is 24.5. The molecule has 5 fully saturated rings. The van der Waals surface area contributed by atoms with Crippen LogP contribution >= 0.6 is 11.6 Å². The van der Waals surface area contributed by atoms with Crippen LogP contribution in [0.4, 0.5) is 68.5 Å². The lowest BCUT2D eigenvalue weighted by Gasteiger charge is -2.29. The summed E-state index contributed by atoms with van der Waals surface area (Å²) in [4.78, 5) is 114. The predicted octanol–water partition coefficient (Wildman–Crippen LogP) is 2.49. The first kappa shape index (κ1) is 90.6. The third kappa shape index (κ3) is 17.9. The monoisotopic (exact) mass is 1820 g/mol. The van der Waals surface area contributed by atoms with Crippen molar-refractivity contribution in [1.82, 2.24) is 38.2 Å². The number of hydrogen-bond acceptors (Lipinski definition) is 33. The van der Waals surface area contributed by atoms with E-state index in [1.165, 1.54) is 37.4 Å². The summed E-state index contributed by atoms with van der Waals surface area (Å²) < 4.78 is 193. The fourth-order valence-corrected chi connectivity index (χ4v) is 14.0. The maximum absolute atomic E-state index is 14.6. The molecule has 4 saturated heterocycles. The quantitative estimate of drug-likeness (QED) is 0.0582. The van der Waals surface area contributed by atoms with Gasteiger partial charge in [-0.05, 0) is 91.7 Å².